The van der Waals surface area contributed by atoms with Crippen molar-refractivity contribution in [2.24, 2.45) is 11.5 Å². The first-order chi connectivity index (χ1) is 6.50. The zero-order chi connectivity index (χ0) is 10.7. The molecule has 0 aromatic heterocycles. The number of hydrogen-bond acceptors (Lipinski definition) is 2. The molecule has 1 unspecified atom stereocenters. The molecular weight excluding hydrogens is 251 g/mol. The van der Waals surface area contributed by atoms with Gasteiger partial charge in [-0.2, -0.15) is 0 Å². The Bertz CT molecular complexity index is 357. The van der Waals surface area contributed by atoms with Crippen LogP contribution in [0.5, 0.6) is 0 Å². The molecule has 0 bridgehead atoms. The second-order valence-corrected chi connectivity index (χ2v) is 3.80. The summed E-state index contributed by atoms with van der Waals surface area (Å²) in [6, 6.07) is 3.94. The number of rotatable bonds is 3. The van der Waals surface area contributed by atoms with Gasteiger partial charge in [0, 0.05) is 12.5 Å². The largest absolute Gasteiger partial charge is 0.370 e. The standard InChI is InChI=1S/C9H10BrFN2O/c10-6-2-1-5(3-7(6)11)8(12)4-9(13)14/h1-3,8H,4,12H2,(H2,13,14). The van der Waals surface area contributed by atoms with Crippen LogP contribution < -0.4 is 11.5 Å². The van der Waals surface area contributed by atoms with Gasteiger partial charge in [0.15, 0.2) is 0 Å². The molecule has 4 N–H and O–H groups in total. The second kappa shape index (κ2) is 4.52. The highest BCUT2D eigenvalue weighted by atomic mass is 79.9. The van der Waals surface area contributed by atoms with E-state index in [1.165, 1.54) is 6.07 Å². The highest BCUT2D eigenvalue weighted by molar-refractivity contribution is 9.10. The van der Waals surface area contributed by atoms with Crippen molar-refractivity contribution in [3.63, 3.8) is 0 Å². The Morgan fingerprint density at radius 1 is 1.57 bits per heavy atom. The molecule has 0 spiro atoms. The van der Waals surface area contributed by atoms with Gasteiger partial charge in [-0.25, -0.2) is 4.39 Å². The van der Waals surface area contributed by atoms with E-state index in [0.29, 0.717) is 10.0 Å². The fraction of sp³-hybridized carbons (Fsp3) is 0.222. The van der Waals surface area contributed by atoms with Gasteiger partial charge in [0.2, 0.25) is 5.91 Å². The Hall–Kier alpha value is -0.940. The van der Waals surface area contributed by atoms with E-state index in [0.717, 1.165) is 0 Å². The molecule has 0 saturated heterocycles. The minimum Gasteiger partial charge on any atom is -0.370 e. The third-order valence-electron chi connectivity index (χ3n) is 1.79. The van der Waals surface area contributed by atoms with Crippen LogP contribution in [0.15, 0.2) is 22.7 Å². The van der Waals surface area contributed by atoms with E-state index in [-0.39, 0.29) is 6.42 Å². The monoisotopic (exact) mass is 260 g/mol. The van der Waals surface area contributed by atoms with Crippen molar-refractivity contribution >= 4 is 21.8 Å². The highest BCUT2D eigenvalue weighted by Crippen LogP contribution is 2.20. The first-order valence-electron chi connectivity index (χ1n) is 3.99. The molecule has 5 heteroatoms. The fourth-order valence-electron chi connectivity index (χ4n) is 1.08. The number of hydrogen-bond donors (Lipinski definition) is 2. The molecule has 0 aliphatic rings. The lowest BCUT2D eigenvalue weighted by molar-refractivity contribution is -0.118. The predicted molar refractivity (Wildman–Crippen MR) is 54.8 cm³/mol. The molecule has 1 atom stereocenters. The van der Waals surface area contributed by atoms with Gasteiger partial charge in [0.25, 0.3) is 0 Å². The Morgan fingerprint density at radius 2 is 2.21 bits per heavy atom. The summed E-state index contributed by atoms with van der Waals surface area (Å²) < 4.78 is 13.4. The van der Waals surface area contributed by atoms with E-state index < -0.39 is 17.8 Å². The zero-order valence-corrected chi connectivity index (χ0v) is 8.92. The Balaban J connectivity index is 2.85. The molecule has 0 heterocycles. The van der Waals surface area contributed by atoms with Crippen LogP contribution in [0.25, 0.3) is 0 Å². The Kier molecular flexibility index (Phi) is 3.60. The topological polar surface area (TPSA) is 69.1 Å². The van der Waals surface area contributed by atoms with Crippen LogP contribution in [0.4, 0.5) is 4.39 Å². The molecule has 76 valence electrons. The van der Waals surface area contributed by atoms with Crippen molar-refractivity contribution in [3.05, 3.63) is 34.1 Å². The summed E-state index contributed by atoms with van der Waals surface area (Å²) in [4.78, 5) is 10.6. The summed E-state index contributed by atoms with van der Waals surface area (Å²) in [7, 11) is 0. The molecule has 1 rings (SSSR count). The molecule has 0 aliphatic carbocycles. The summed E-state index contributed by atoms with van der Waals surface area (Å²) >= 11 is 3.02. The van der Waals surface area contributed by atoms with E-state index in [2.05, 4.69) is 15.9 Å². The Labute approximate surface area is 89.4 Å². The number of amides is 1. The first kappa shape index (κ1) is 11.1. The zero-order valence-electron chi connectivity index (χ0n) is 7.34. The van der Waals surface area contributed by atoms with Crippen molar-refractivity contribution in [3.8, 4) is 0 Å². The lowest BCUT2D eigenvalue weighted by Gasteiger charge is -2.09. The quantitative estimate of drug-likeness (QED) is 0.864. The van der Waals surface area contributed by atoms with Gasteiger partial charge in [-0.3, -0.25) is 4.79 Å². The molecule has 0 fully saturated rings. The first-order valence-corrected chi connectivity index (χ1v) is 4.79. The third kappa shape index (κ3) is 2.78. The van der Waals surface area contributed by atoms with Gasteiger partial charge < -0.3 is 11.5 Å². The molecule has 0 radical (unpaired) electrons. The van der Waals surface area contributed by atoms with E-state index in [1.54, 1.807) is 12.1 Å². The van der Waals surface area contributed by atoms with Crippen molar-refractivity contribution in [2.75, 3.05) is 0 Å². The van der Waals surface area contributed by atoms with E-state index in [9.17, 15) is 9.18 Å². The predicted octanol–water partition coefficient (Wildman–Crippen LogP) is 1.46. The summed E-state index contributed by atoms with van der Waals surface area (Å²) in [5.41, 5.74) is 11.2. The van der Waals surface area contributed by atoms with Crippen LogP contribution in [0, 0.1) is 5.82 Å². The summed E-state index contributed by atoms with van der Waals surface area (Å²) in [5.74, 6) is -0.900. The van der Waals surface area contributed by atoms with Crippen LogP contribution in [-0.2, 0) is 4.79 Å². The van der Waals surface area contributed by atoms with Crippen molar-refractivity contribution in [1.82, 2.24) is 0 Å². The molecule has 14 heavy (non-hydrogen) atoms. The number of halogens is 2. The minimum atomic E-state index is -0.546. The maximum Gasteiger partial charge on any atom is 0.219 e. The van der Waals surface area contributed by atoms with Crippen LogP contribution >= 0.6 is 15.9 Å². The maximum absolute atomic E-state index is 13.1. The molecule has 1 aromatic carbocycles. The summed E-state index contributed by atoms with van der Waals surface area (Å²) in [6.45, 7) is 0. The molecule has 1 amide bonds. The van der Waals surface area contributed by atoms with Gasteiger partial charge in [-0.15, -0.1) is 0 Å². The summed E-state index contributed by atoms with van der Waals surface area (Å²) in [6.07, 6.45) is 0.0150. The average molecular weight is 261 g/mol. The summed E-state index contributed by atoms with van der Waals surface area (Å²) in [5, 5.41) is 0. The number of nitrogens with two attached hydrogens (primary N) is 2. The van der Waals surface area contributed by atoms with Crippen LogP contribution in [0.1, 0.15) is 18.0 Å². The normalized spacial score (nSPS) is 12.5. The van der Waals surface area contributed by atoms with Gasteiger partial charge in [-0.05, 0) is 33.6 Å². The molecule has 0 aliphatic heterocycles. The number of carbonyl (C=O) groups excluding carboxylic acids is 1. The lowest BCUT2D eigenvalue weighted by Crippen LogP contribution is -2.20. The van der Waals surface area contributed by atoms with Crippen molar-refractivity contribution in [2.45, 2.75) is 12.5 Å². The van der Waals surface area contributed by atoms with E-state index in [4.69, 9.17) is 11.5 Å². The van der Waals surface area contributed by atoms with E-state index >= 15 is 0 Å². The molecule has 1 aromatic rings. The Morgan fingerprint density at radius 3 is 2.71 bits per heavy atom. The highest BCUT2D eigenvalue weighted by Gasteiger charge is 2.10. The second-order valence-electron chi connectivity index (χ2n) is 2.95. The molecule has 0 saturated carbocycles. The van der Waals surface area contributed by atoms with Crippen molar-refractivity contribution < 1.29 is 9.18 Å². The number of benzene rings is 1. The third-order valence-corrected chi connectivity index (χ3v) is 2.44. The van der Waals surface area contributed by atoms with Gasteiger partial charge in [-0.1, -0.05) is 6.07 Å². The van der Waals surface area contributed by atoms with Gasteiger partial charge in [0.05, 0.1) is 4.47 Å². The maximum atomic E-state index is 13.1. The van der Waals surface area contributed by atoms with Gasteiger partial charge >= 0.3 is 0 Å². The minimum absolute atomic E-state index is 0.0150. The van der Waals surface area contributed by atoms with E-state index in [1.807, 2.05) is 0 Å². The SMILES string of the molecule is NC(=O)CC(N)c1ccc(Br)c(F)c1. The van der Waals surface area contributed by atoms with Gasteiger partial charge in [0.1, 0.15) is 5.82 Å². The van der Waals surface area contributed by atoms with Crippen LogP contribution in [0.3, 0.4) is 0 Å². The van der Waals surface area contributed by atoms with Crippen LogP contribution in [0.2, 0.25) is 0 Å². The number of primary amides is 1. The lowest BCUT2D eigenvalue weighted by atomic mass is 10.0. The number of carbonyl (C=O) groups is 1. The molecular formula is C9H10BrFN2O. The average Bonchev–Trinajstić information content (AvgIpc) is 2.08. The smallest absolute Gasteiger partial charge is 0.219 e. The fourth-order valence-corrected chi connectivity index (χ4v) is 1.32. The molecule has 3 nitrogen and oxygen atoms in total. The van der Waals surface area contributed by atoms with Crippen molar-refractivity contribution in [1.29, 1.82) is 0 Å². The van der Waals surface area contributed by atoms with Crippen LogP contribution in [-0.4, -0.2) is 5.91 Å².